The van der Waals surface area contributed by atoms with E-state index < -0.39 is 21.0 Å². The van der Waals surface area contributed by atoms with Gasteiger partial charge >= 0.3 is 0 Å². The predicted octanol–water partition coefficient (Wildman–Crippen LogP) is 1.11. The second-order valence-electron chi connectivity index (χ2n) is 3.92. The van der Waals surface area contributed by atoms with Crippen molar-refractivity contribution in [2.45, 2.75) is 24.9 Å². The lowest BCUT2D eigenvalue weighted by Crippen LogP contribution is -2.16. The van der Waals surface area contributed by atoms with Gasteiger partial charge in [-0.15, -0.1) is 0 Å². The predicted molar refractivity (Wildman–Crippen MR) is 62.7 cm³/mol. The SMILES string of the molecule is CC(C)S(=O)(=O)Cc1ccc(C(N)=O)cc1. The van der Waals surface area contributed by atoms with Gasteiger partial charge in [0.2, 0.25) is 5.91 Å². The van der Waals surface area contributed by atoms with Gasteiger partial charge in [0.15, 0.2) is 9.84 Å². The van der Waals surface area contributed by atoms with Crippen molar-refractivity contribution in [2.75, 3.05) is 0 Å². The van der Waals surface area contributed by atoms with Crippen molar-refractivity contribution >= 4 is 15.7 Å². The lowest BCUT2D eigenvalue weighted by molar-refractivity contribution is 0.100. The fourth-order valence-electron chi connectivity index (χ4n) is 1.16. The summed E-state index contributed by atoms with van der Waals surface area (Å²) >= 11 is 0. The number of rotatable bonds is 4. The van der Waals surface area contributed by atoms with Crippen molar-refractivity contribution in [3.05, 3.63) is 35.4 Å². The Morgan fingerprint density at radius 3 is 2.12 bits per heavy atom. The normalized spacial score (nSPS) is 11.7. The second kappa shape index (κ2) is 4.65. The second-order valence-corrected chi connectivity index (χ2v) is 6.47. The van der Waals surface area contributed by atoms with E-state index >= 15 is 0 Å². The van der Waals surface area contributed by atoms with E-state index in [1.165, 1.54) is 12.1 Å². The highest BCUT2D eigenvalue weighted by molar-refractivity contribution is 7.91. The molecule has 0 saturated heterocycles. The highest BCUT2D eigenvalue weighted by atomic mass is 32.2. The summed E-state index contributed by atoms with van der Waals surface area (Å²) in [6.45, 7) is 3.29. The number of primary amides is 1. The van der Waals surface area contributed by atoms with Crippen LogP contribution >= 0.6 is 0 Å². The van der Waals surface area contributed by atoms with Crippen molar-refractivity contribution in [3.8, 4) is 0 Å². The van der Waals surface area contributed by atoms with Crippen LogP contribution in [0.15, 0.2) is 24.3 Å². The molecule has 88 valence electrons. The molecule has 0 unspecified atom stereocenters. The van der Waals surface area contributed by atoms with Crippen molar-refractivity contribution in [1.82, 2.24) is 0 Å². The largest absolute Gasteiger partial charge is 0.366 e. The third-order valence-corrected chi connectivity index (χ3v) is 4.50. The molecule has 0 fully saturated rings. The summed E-state index contributed by atoms with van der Waals surface area (Å²) in [6.07, 6.45) is 0. The van der Waals surface area contributed by atoms with Crippen LogP contribution in [0.25, 0.3) is 0 Å². The van der Waals surface area contributed by atoms with Crippen LogP contribution in [-0.2, 0) is 15.6 Å². The Balaban J connectivity index is 2.89. The number of sulfone groups is 1. The van der Waals surface area contributed by atoms with Crippen molar-refractivity contribution in [1.29, 1.82) is 0 Å². The molecule has 1 aromatic rings. The molecule has 1 rings (SSSR count). The van der Waals surface area contributed by atoms with Crippen LogP contribution in [-0.4, -0.2) is 19.6 Å². The van der Waals surface area contributed by atoms with E-state index in [1.807, 2.05) is 0 Å². The molecular formula is C11H15NO3S. The minimum Gasteiger partial charge on any atom is -0.366 e. The Bertz CT molecular complexity index is 474. The fourth-order valence-corrected chi connectivity index (χ4v) is 2.15. The molecule has 0 aromatic heterocycles. The van der Waals surface area contributed by atoms with Gasteiger partial charge in [-0.25, -0.2) is 8.42 Å². The molecule has 2 N–H and O–H groups in total. The molecule has 16 heavy (non-hydrogen) atoms. The van der Waals surface area contributed by atoms with Crippen LogP contribution < -0.4 is 5.73 Å². The van der Waals surface area contributed by atoms with Crippen LogP contribution in [0, 0.1) is 0 Å². The molecule has 4 nitrogen and oxygen atoms in total. The van der Waals surface area contributed by atoms with Gasteiger partial charge in [0, 0.05) is 5.56 Å². The van der Waals surface area contributed by atoms with E-state index in [0.29, 0.717) is 11.1 Å². The summed E-state index contributed by atoms with van der Waals surface area (Å²) < 4.78 is 23.3. The minimum absolute atomic E-state index is 0.0102. The molecule has 0 aliphatic rings. The van der Waals surface area contributed by atoms with Crippen LogP contribution in [0.3, 0.4) is 0 Å². The Labute approximate surface area is 95.4 Å². The first-order valence-corrected chi connectivity index (χ1v) is 6.65. The molecule has 0 atom stereocenters. The first-order valence-electron chi connectivity index (χ1n) is 4.93. The lowest BCUT2D eigenvalue weighted by Gasteiger charge is -2.07. The van der Waals surface area contributed by atoms with E-state index in [0.717, 1.165) is 0 Å². The Hall–Kier alpha value is -1.36. The summed E-state index contributed by atoms with van der Waals surface area (Å²) in [5.74, 6) is -0.526. The lowest BCUT2D eigenvalue weighted by atomic mass is 10.1. The van der Waals surface area contributed by atoms with E-state index in [9.17, 15) is 13.2 Å². The van der Waals surface area contributed by atoms with Crippen LogP contribution in [0.4, 0.5) is 0 Å². The standard InChI is InChI=1S/C11H15NO3S/c1-8(2)16(14,15)7-9-3-5-10(6-4-9)11(12)13/h3-6,8H,7H2,1-2H3,(H2,12,13). The van der Waals surface area contributed by atoms with Gasteiger partial charge in [-0.1, -0.05) is 12.1 Å². The summed E-state index contributed by atoms with van der Waals surface area (Å²) in [5, 5.41) is -0.400. The van der Waals surface area contributed by atoms with Gasteiger partial charge in [0.05, 0.1) is 11.0 Å². The number of carbonyl (C=O) groups excluding carboxylic acids is 1. The number of hydrogen-bond acceptors (Lipinski definition) is 3. The average Bonchev–Trinajstić information content (AvgIpc) is 2.17. The van der Waals surface area contributed by atoms with E-state index in [-0.39, 0.29) is 5.75 Å². The number of carbonyl (C=O) groups is 1. The maximum atomic E-state index is 11.6. The van der Waals surface area contributed by atoms with Gasteiger partial charge in [-0.2, -0.15) is 0 Å². The van der Waals surface area contributed by atoms with Crippen molar-refractivity contribution < 1.29 is 13.2 Å². The van der Waals surface area contributed by atoms with Crippen LogP contribution in [0.5, 0.6) is 0 Å². The van der Waals surface area contributed by atoms with Gasteiger partial charge in [0.1, 0.15) is 0 Å². The highest BCUT2D eigenvalue weighted by Crippen LogP contribution is 2.11. The van der Waals surface area contributed by atoms with E-state index in [2.05, 4.69) is 0 Å². The minimum atomic E-state index is -3.10. The maximum Gasteiger partial charge on any atom is 0.248 e. The molecule has 0 spiro atoms. The smallest absolute Gasteiger partial charge is 0.248 e. The van der Waals surface area contributed by atoms with Gasteiger partial charge in [-0.3, -0.25) is 4.79 Å². The molecule has 5 heteroatoms. The topological polar surface area (TPSA) is 77.2 Å². The monoisotopic (exact) mass is 241 g/mol. The molecular weight excluding hydrogens is 226 g/mol. The first-order chi connectivity index (χ1) is 7.33. The van der Waals surface area contributed by atoms with E-state index in [1.54, 1.807) is 26.0 Å². The zero-order valence-electron chi connectivity index (χ0n) is 9.30. The summed E-state index contributed by atoms with van der Waals surface area (Å²) in [6, 6.07) is 6.29. The Morgan fingerprint density at radius 1 is 1.25 bits per heavy atom. The number of amides is 1. The molecule has 0 aliphatic heterocycles. The molecule has 1 amide bonds. The first kappa shape index (κ1) is 12.7. The Morgan fingerprint density at radius 2 is 1.75 bits per heavy atom. The van der Waals surface area contributed by atoms with Gasteiger partial charge in [-0.05, 0) is 31.5 Å². The fraction of sp³-hybridized carbons (Fsp3) is 0.364. The van der Waals surface area contributed by atoms with E-state index in [4.69, 9.17) is 5.73 Å². The van der Waals surface area contributed by atoms with Crippen LogP contribution in [0.1, 0.15) is 29.8 Å². The number of nitrogens with two attached hydrogens (primary N) is 1. The number of hydrogen-bond donors (Lipinski definition) is 1. The molecule has 0 heterocycles. The summed E-state index contributed by atoms with van der Waals surface area (Å²) in [4.78, 5) is 10.8. The molecule has 0 bridgehead atoms. The molecule has 0 aliphatic carbocycles. The van der Waals surface area contributed by atoms with Gasteiger partial charge < -0.3 is 5.73 Å². The third-order valence-electron chi connectivity index (χ3n) is 2.32. The highest BCUT2D eigenvalue weighted by Gasteiger charge is 2.16. The van der Waals surface area contributed by atoms with Crippen molar-refractivity contribution in [2.24, 2.45) is 5.73 Å². The van der Waals surface area contributed by atoms with Crippen molar-refractivity contribution in [3.63, 3.8) is 0 Å². The maximum absolute atomic E-state index is 11.6. The zero-order chi connectivity index (χ0) is 12.3. The number of benzene rings is 1. The molecule has 0 saturated carbocycles. The summed E-state index contributed by atoms with van der Waals surface area (Å²) in [7, 11) is -3.10. The molecule has 1 aromatic carbocycles. The Kier molecular flexibility index (Phi) is 3.70. The quantitative estimate of drug-likeness (QED) is 0.857. The summed E-state index contributed by atoms with van der Waals surface area (Å²) in [5.41, 5.74) is 6.13. The zero-order valence-corrected chi connectivity index (χ0v) is 10.1. The third kappa shape index (κ3) is 3.06. The average molecular weight is 241 g/mol. The molecule has 0 radical (unpaired) electrons. The van der Waals surface area contributed by atoms with Crippen LogP contribution in [0.2, 0.25) is 0 Å². The van der Waals surface area contributed by atoms with Gasteiger partial charge in [0.25, 0.3) is 0 Å².